The standard InChI is InChI=1S/C27H48N4O4S2/c1-7-28-20-22(32)30(24(28)33)26(3,4)14-9-11-16-34-18-13-19-35-17-12-10-15-27(5,6)31-23(36)21-29(8-2)25(31)37/h7-21H2,1-6H3. The molecule has 3 amide bonds. The van der Waals surface area contributed by atoms with Crippen LogP contribution in [-0.4, -0.2) is 105 Å². The predicted octanol–water partition coefficient (Wildman–Crippen LogP) is 4.84. The summed E-state index contributed by atoms with van der Waals surface area (Å²) in [5.41, 5.74) is -0.542. The Bertz CT molecular complexity index is 741. The van der Waals surface area contributed by atoms with E-state index >= 15 is 0 Å². The Kier molecular flexibility index (Phi) is 12.7. The van der Waals surface area contributed by atoms with Gasteiger partial charge in [-0.1, -0.05) is 12.2 Å². The number of carbonyl (C=O) groups excluding carboxylic acids is 2. The molecule has 0 aromatic rings. The number of rotatable bonds is 18. The van der Waals surface area contributed by atoms with Gasteiger partial charge in [-0.05, 0) is 98.7 Å². The second-order valence-electron chi connectivity index (χ2n) is 11.2. The van der Waals surface area contributed by atoms with Crippen LogP contribution in [0.4, 0.5) is 4.79 Å². The summed E-state index contributed by atoms with van der Waals surface area (Å²) in [7, 11) is 0. The molecule has 0 aromatic carbocycles. The van der Waals surface area contributed by atoms with Crippen LogP contribution in [-0.2, 0) is 14.3 Å². The van der Waals surface area contributed by atoms with Gasteiger partial charge in [-0.25, -0.2) is 4.79 Å². The van der Waals surface area contributed by atoms with Gasteiger partial charge >= 0.3 is 6.03 Å². The Labute approximate surface area is 235 Å². The number of amides is 3. The van der Waals surface area contributed by atoms with E-state index < -0.39 is 5.54 Å². The Hall–Kier alpha value is -1.36. The lowest BCUT2D eigenvalue weighted by atomic mass is 9.95. The molecule has 0 spiro atoms. The molecule has 0 bridgehead atoms. The van der Waals surface area contributed by atoms with Crippen LogP contribution < -0.4 is 0 Å². The third-order valence-electron chi connectivity index (χ3n) is 7.28. The molecule has 0 unspecified atom stereocenters. The number of unbranched alkanes of at least 4 members (excludes halogenated alkanes) is 2. The number of nitrogens with zero attached hydrogens (tertiary/aromatic N) is 4. The summed E-state index contributed by atoms with van der Waals surface area (Å²) in [6.45, 7) is 17.6. The van der Waals surface area contributed by atoms with Crippen molar-refractivity contribution in [2.45, 2.75) is 97.6 Å². The Morgan fingerprint density at radius 1 is 0.703 bits per heavy atom. The third-order valence-corrected chi connectivity index (χ3v) is 8.03. The third kappa shape index (κ3) is 8.83. The molecule has 8 nitrogen and oxygen atoms in total. The summed E-state index contributed by atoms with van der Waals surface area (Å²) in [4.78, 5) is 33.0. The maximum Gasteiger partial charge on any atom is 0.327 e. The molecule has 2 fully saturated rings. The zero-order valence-corrected chi connectivity index (χ0v) is 25.5. The van der Waals surface area contributed by atoms with Crippen LogP contribution in [0.5, 0.6) is 0 Å². The van der Waals surface area contributed by atoms with Crippen molar-refractivity contribution < 1.29 is 19.1 Å². The minimum absolute atomic E-state index is 0.0729. The Balaban J connectivity index is 1.47. The average Bonchev–Trinajstić information content (AvgIpc) is 3.30. The van der Waals surface area contributed by atoms with E-state index in [-0.39, 0.29) is 24.0 Å². The van der Waals surface area contributed by atoms with Crippen LogP contribution in [0.3, 0.4) is 0 Å². The van der Waals surface area contributed by atoms with Crippen LogP contribution >= 0.6 is 24.4 Å². The molecule has 0 radical (unpaired) electrons. The Morgan fingerprint density at radius 2 is 1.19 bits per heavy atom. The van der Waals surface area contributed by atoms with Gasteiger partial charge in [0.2, 0.25) is 0 Å². The number of carbonyl (C=O) groups is 2. The largest absolute Gasteiger partial charge is 0.381 e. The highest BCUT2D eigenvalue weighted by Gasteiger charge is 2.43. The number of hydrogen-bond donors (Lipinski definition) is 0. The lowest BCUT2D eigenvalue weighted by Crippen LogP contribution is -2.48. The monoisotopic (exact) mass is 556 g/mol. The van der Waals surface area contributed by atoms with Gasteiger partial charge in [0.05, 0.1) is 6.54 Å². The fourth-order valence-electron chi connectivity index (χ4n) is 5.00. The van der Waals surface area contributed by atoms with Gasteiger partial charge in [0.25, 0.3) is 5.91 Å². The second-order valence-corrected chi connectivity index (χ2v) is 12.0. The number of thiocarbonyl (C=S) groups is 2. The first-order valence-electron chi connectivity index (χ1n) is 13.9. The fraction of sp³-hybridized carbons (Fsp3) is 0.852. The number of hydrogen-bond acceptors (Lipinski definition) is 6. The van der Waals surface area contributed by atoms with Gasteiger partial charge in [0.1, 0.15) is 11.5 Å². The topological polar surface area (TPSA) is 65.6 Å². The number of imide groups is 1. The molecule has 212 valence electrons. The molecule has 0 aromatic heterocycles. The number of likely N-dealkylation sites (N-methyl/N-ethyl adjacent to an activating group) is 2. The molecule has 0 atom stereocenters. The summed E-state index contributed by atoms with van der Waals surface area (Å²) in [5.74, 6) is -0.0973. The maximum atomic E-state index is 12.4. The van der Waals surface area contributed by atoms with E-state index in [0.717, 1.165) is 74.7 Å². The highest BCUT2D eigenvalue weighted by Crippen LogP contribution is 2.28. The van der Waals surface area contributed by atoms with E-state index in [9.17, 15) is 9.59 Å². The fourth-order valence-corrected chi connectivity index (χ4v) is 6.10. The first kappa shape index (κ1) is 31.9. The van der Waals surface area contributed by atoms with Crippen molar-refractivity contribution in [3.05, 3.63) is 0 Å². The summed E-state index contributed by atoms with van der Waals surface area (Å²) in [6, 6.07) is -0.166. The van der Waals surface area contributed by atoms with Crippen LogP contribution in [0.15, 0.2) is 0 Å². The molecule has 2 aliphatic rings. The predicted molar refractivity (Wildman–Crippen MR) is 156 cm³/mol. The van der Waals surface area contributed by atoms with Crippen LogP contribution in [0.1, 0.15) is 86.5 Å². The van der Waals surface area contributed by atoms with Gasteiger partial charge in [-0.3, -0.25) is 9.69 Å². The average molecular weight is 557 g/mol. The summed E-state index contributed by atoms with van der Waals surface area (Å²) in [5, 5.41) is 0.859. The summed E-state index contributed by atoms with van der Waals surface area (Å²) < 4.78 is 11.5. The molecular formula is C27H48N4O4S2. The van der Waals surface area contributed by atoms with E-state index in [4.69, 9.17) is 33.9 Å². The van der Waals surface area contributed by atoms with E-state index in [1.807, 2.05) is 20.8 Å². The van der Waals surface area contributed by atoms with Crippen molar-refractivity contribution in [2.24, 2.45) is 0 Å². The first-order chi connectivity index (χ1) is 17.5. The van der Waals surface area contributed by atoms with E-state index in [1.54, 1.807) is 4.90 Å². The van der Waals surface area contributed by atoms with E-state index in [0.29, 0.717) is 26.4 Å². The van der Waals surface area contributed by atoms with Gasteiger partial charge in [-0.15, -0.1) is 0 Å². The van der Waals surface area contributed by atoms with Gasteiger partial charge in [-0.2, -0.15) is 0 Å². The van der Waals surface area contributed by atoms with Crippen molar-refractivity contribution in [2.75, 3.05) is 52.6 Å². The Morgan fingerprint density at radius 3 is 1.65 bits per heavy atom. The molecule has 0 saturated carbocycles. The van der Waals surface area contributed by atoms with Gasteiger partial charge in [0, 0.05) is 50.6 Å². The number of ether oxygens (including phenoxy) is 2. The summed E-state index contributed by atoms with van der Waals surface area (Å²) in [6.07, 6.45) is 6.58. The molecule has 2 heterocycles. The van der Waals surface area contributed by atoms with Crippen LogP contribution in [0.25, 0.3) is 0 Å². The highest BCUT2D eigenvalue weighted by atomic mass is 32.1. The SMILES string of the molecule is CCN1CC(=O)N(C(C)(C)CCCCOCCCOCCCCC(C)(C)N2C(=S)CN(CC)C2=S)C1=O. The van der Waals surface area contributed by atoms with Crippen LogP contribution in [0.2, 0.25) is 0 Å². The van der Waals surface area contributed by atoms with Crippen molar-refractivity contribution in [1.29, 1.82) is 0 Å². The summed E-state index contributed by atoms with van der Waals surface area (Å²) >= 11 is 11.2. The normalized spacial score (nSPS) is 17.2. The molecular weight excluding hydrogens is 508 g/mol. The molecule has 0 aliphatic carbocycles. The zero-order chi connectivity index (χ0) is 27.6. The molecule has 0 N–H and O–H groups in total. The highest BCUT2D eigenvalue weighted by molar-refractivity contribution is 7.82. The van der Waals surface area contributed by atoms with Crippen molar-refractivity contribution in [3.63, 3.8) is 0 Å². The molecule has 2 aliphatic heterocycles. The lowest BCUT2D eigenvalue weighted by molar-refractivity contribution is -0.129. The maximum absolute atomic E-state index is 12.4. The van der Waals surface area contributed by atoms with Gasteiger partial charge < -0.3 is 24.2 Å². The zero-order valence-electron chi connectivity index (χ0n) is 23.8. The smallest absolute Gasteiger partial charge is 0.327 e. The minimum Gasteiger partial charge on any atom is -0.381 e. The first-order valence-corrected chi connectivity index (χ1v) is 14.7. The quantitative estimate of drug-likeness (QED) is 0.135. The molecule has 2 saturated heterocycles. The van der Waals surface area contributed by atoms with Crippen molar-refractivity contribution in [3.8, 4) is 0 Å². The molecule has 2 rings (SSSR count). The van der Waals surface area contributed by atoms with Gasteiger partial charge in [0.15, 0.2) is 5.11 Å². The van der Waals surface area contributed by atoms with E-state index in [1.165, 1.54) is 4.90 Å². The second kappa shape index (κ2) is 14.7. The minimum atomic E-state index is -0.469. The lowest BCUT2D eigenvalue weighted by Gasteiger charge is -2.37. The van der Waals surface area contributed by atoms with Crippen molar-refractivity contribution >= 4 is 46.5 Å². The van der Waals surface area contributed by atoms with E-state index in [2.05, 4.69) is 30.6 Å². The number of urea groups is 1. The van der Waals surface area contributed by atoms with Crippen molar-refractivity contribution in [1.82, 2.24) is 19.6 Å². The van der Waals surface area contributed by atoms with Crippen LogP contribution in [0, 0.1) is 0 Å². The molecule has 37 heavy (non-hydrogen) atoms. The molecule has 10 heteroatoms.